The summed E-state index contributed by atoms with van der Waals surface area (Å²) in [7, 11) is -4.23. The summed E-state index contributed by atoms with van der Waals surface area (Å²) in [5.41, 5.74) is 0.766. The van der Waals surface area contributed by atoms with Crippen LogP contribution in [0.15, 0.2) is 47.4 Å². The van der Waals surface area contributed by atoms with Crippen molar-refractivity contribution in [3.63, 3.8) is 0 Å². The molecule has 0 aliphatic rings. The van der Waals surface area contributed by atoms with Crippen molar-refractivity contribution >= 4 is 21.7 Å². The number of aryl methyl sites for hydroxylation is 1. The third-order valence-electron chi connectivity index (χ3n) is 2.76. The first-order valence-corrected chi connectivity index (χ1v) is 7.38. The zero-order valence-electron chi connectivity index (χ0n) is 11.0. The van der Waals surface area contributed by atoms with Crippen LogP contribution in [0, 0.1) is 12.7 Å². The van der Waals surface area contributed by atoms with Crippen LogP contribution in [0.3, 0.4) is 0 Å². The van der Waals surface area contributed by atoms with Crippen molar-refractivity contribution in [1.29, 1.82) is 0 Å². The van der Waals surface area contributed by atoms with Crippen LogP contribution in [0.4, 0.5) is 10.1 Å². The molecule has 2 rings (SSSR count). The Morgan fingerprint density at radius 1 is 1.14 bits per heavy atom. The molecule has 0 unspecified atom stereocenters. The summed E-state index contributed by atoms with van der Waals surface area (Å²) in [5, 5.41) is 10.7. The van der Waals surface area contributed by atoms with Crippen molar-refractivity contribution in [2.24, 2.45) is 0 Å². The summed E-state index contributed by atoms with van der Waals surface area (Å²) in [6, 6.07) is 8.85. The summed E-state index contributed by atoms with van der Waals surface area (Å²) < 4.78 is 40.1. The number of aromatic carboxylic acids is 1. The Morgan fingerprint density at radius 2 is 1.76 bits per heavy atom. The maximum absolute atomic E-state index is 13.7. The van der Waals surface area contributed by atoms with Crippen LogP contribution in [0.1, 0.15) is 15.9 Å². The third kappa shape index (κ3) is 3.38. The van der Waals surface area contributed by atoms with Crippen molar-refractivity contribution in [3.8, 4) is 0 Å². The molecule has 0 saturated carbocycles. The number of hydrogen-bond donors (Lipinski definition) is 1. The number of nitrogens with one attached hydrogen (secondary N) is 1. The molecule has 0 fully saturated rings. The molecule has 0 aromatic heterocycles. The lowest BCUT2D eigenvalue weighted by Gasteiger charge is -2.11. The molecule has 0 saturated heterocycles. The maximum atomic E-state index is 13.7. The molecular weight excluding hydrogens is 297 g/mol. The molecule has 0 aliphatic carbocycles. The van der Waals surface area contributed by atoms with Crippen molar-refractivity contribution in [2.75, 3.05) is 4.72 Å². The summed E-state index contributed by atoms with van der Waals surface area (Å²) >= 11 is 0. The molecule has 21 heavy (non-hydrogen) atoms. The van der Waals surface area contributed by atoms with Gasteiger partial charge in [0.1, 0.15) is 10.7 Å². The number of rotatable bonds is 4. The zero-order valence-corrected chi connectivity index (χ0v) is 11.8. The van der Waals surface area contributed by atoms with Crippen LogP contribution in [0.25, 0.3) is 0 Å². The number of halogens is 1. The quantitative estimate of drug-likeness (QED) is 0.922. The van der Waals surface area contributed by atoms with Crippen molar-refractivity contribution in [2.45, 2.75) is 11.8 Å². The molecule has 0 aliphatic heterocycles. The number of anilines is 1. The fourth-order valence-corrected chi connectivity index (χ4v) is 2.83. The second-order valence-electron chi connectivity index (χ2n) is 4.40. The van der Waals surface area contributed by atoms with Crippen LogP contribution in [0.2, 0.25) is 0 Å². The number of sulfonamides is 1. The van der Waals surface area contributed by atoms with Crippen LogP contribution in [-0.4, -0.2) is 14.4 Å². The zero-order chi connectivity index (χ0) is 15.6. The number of carbonyl (C=O) groups is 1. The highest BCUT2D eigenvalue weighted by molar-refractivity contribution is 7.92. The lowest BCUT2D eigenvalue weighted by Crippen LogP contribution is -2.23. The average molecular weight is 308 g/mol. The van der Waals surface area contributed by atoms with Gasteiger partial charge in [0.2, 0.25) is 0 Å². The minimum atomic E-state index is -4.23. The van der Waals surface area contributed by atoms with E-state index >= 15 is 0 Å². The SMILES string of the molecule is Cc1ccc(NS(=O)(=O)c2cc(C(=O)[O-])ccc2F)cc1. The van der Waals surface area contributed by atoms with Gasteiger partial charge in [-0.1, -0.05) is 23.8 Å². The number of carboxylic acid groups (broad SMARTS) is 1. The molecule has 0 spiro atoms. The van der Waals surface area contributed by atoms with Gasteiger partial charge in [0, 0.05) is 5.69 Å². The highest BCUT2D eigenvalue weighted by atomic mass is 32.2. The van der Waals surface area contributed by atoms with Gasteiger partial charge in [-0.15, -0.1) is 0 Å². The van der Waals surface area contributed by atoms with Crippen LogP contribution in [0.5, 0.6) is 0 Å². The van der Waals surface area contributed by atoms with E-state index in [4.69, 9.17) is 0 Å². The predicted octanol–water partition coefficient (Wildman–Crippen LogP) is 1.30. The summed E-state index contributed by atoms with van der Waals surface area (Å²) in [5.74, 6) is -2.62. The highest BCUT2D eigenvalue weighted by Crippen LogP contribution is 2.20. The van der Waals surface area contributed by atoms with E-state index in [1.54, 1.807) is 12.1 Å². The maximum Gasteiger partial charge on any atom is 0.264 e. The minimum Gasteiger partial charge on any atom is -0.545 e. The fraction of sp³-hybridized carbons (Fsp3) is 0.0714. The first kappa shape index (κ1) is 15.0. The van der Waals surface area contributed by atoms with Gasteiger partial charge in [0.25, 0.3) is 10.0 Å². The number of hydrogen-bond acceptors (Lipinski definition) is 4. The normalized spacial score (nSPS) is 11.1. The fourth-order valence-electron chi connectivity index (χ4n) is 1.67. The molecule has 0 radical (unpaired) electrons. The van der Waals surface area contributed by atoms with E-state index in [1.807, 2.05) is 6.92 Å². The van der Waals surface area contributed by atoms with E-state index in [1.165, 1.54) is 12.1 Å². The Balaban J connectivity index is 2.41. The van der Waals surface area contributed by atoms with E-state index in [2.05, 4.69) is 4.72 Å². The smallest absolute Gasteiger partial charge is 0.264 e. The highest BCUT2D eigenvalue weighted by Gasteiger charge is 2.20. The molecule has 1 N–H and O–H groups in total. The molecular formula is C14H11FNO4S-. The first-order valence-electron chi connectivity index (χ1n) is 5.90. The third-order valence-corrected chi connectivity index (χ3v) is 4.16. The van der Waals surface area contributed by atoms with Crippen LogP contribution < -0.4 is 9.83 Å². The van der Waals surface area contributed by atoms with Gasteiger partial charge < -0.3 is 9.90 Å². The minimum absolute atomic E-state index is 0.249. The Morgan fingerprint density at radius 3 is 2.33 bits per heavy atom. The number of carbonyl (C=O) groups excluding carboxylic acids is 1. The number of benzene rings is 2. The van der Waals surface area contributed by atoms with E-state index in [0.29, 0.717) is 0 Å². The molecule has 110 valence electrons. The second-order valence-corrected chi connectivity index (χ2v) is 6.06. The van der Waals surface area contributed by atoms with Crippen LogP contribution >= 0.6 is 0 Å². The first-order chi connectivity index (χ1) is 9.79. The summed E-state index contributed by atoms with van der Waals surface area (Å²) in [6.45, 7) is 1.83. The summed E-state index contributed by atoms with van der Waals surface area (Å²) in [4.78, 5) is 9.99. The topological polar surface area (TPSA) is 86.3 Å². The van der Waals surface area contributed by atoms with E-state index < -0.39 is 32.3 Å². The molecule has 7 heteroatoms. The monoisotopic (exact) mass is 308 g/mol. The van der Waals surface area contributed by atoms with Gasteiger partial charge in [0.05, 0.1) is 5.97 Å². The van der Waals surface area contributed by atoms with Gasteiger partial charge in [-0.05, 0) is 36.8 Å². The molecule has 2 aromatic carbocycles. The van der Waals surface area contributed by atoms with Gasteiger partial charge in [-0.2, -0.15) is 0 Å². The molecule has 0 bridgehead atoms. The Kier molecular flexibility index (Phi) is 3.95. The number of carboxylic acids is 1. The average Bonchev–Trinajstić information content (AvgIpc) is 2.41. The standard InChI is InChI=1S/C14H12FNO4S/c1-9-2-5-11(6-3-9)16-21(19,20)13-8-10(14(17)18)4-7-12(13)15/h2-8,16H,1H3,(H,17,18)/p-1. The molecule has 0 heterocycles. The van der Waals surface area contributed by atoms with Gasteiger partial charge in [-0.25, -0.2) is 12.8 Å². The van der Waals surface area contributed by atoms with E-state index in [9.17, 15) is 22.7 Å². The largest absolute Gasteiger partial charge is 0.545 e. The van der Waals surface area contributed by atoms with E-state index in [-0.39, 0.29) is 5.69 Å². The lowest BCUT2D eigenvalue weighted by molar-refractivity contribution is -0.255. The molecule has 2 aromatic rings. The van der Waals surface area contributed by atoms with E-state index in [0.717, 1.165) is 23.8 Å². The van der Waals surface area contributed by atoms with Crippen LogP contribution in [-0.2, 0) is 10.0 Å². The summed E-state index contributed by atoms with van der Waals surface area (Å²) in [6.07, 6.45) is 0. The van der Waals surface area contributed by atoms with Gasteiger partial charge in [0.15, 0.2) is 0 Å². The lowest BCUT2D eigenvalue weighted by atomic mass is 10.2. The Labute approximate surface area is 121 Å². The predicted molar refractivity (Wildman–Crippen MR) is 72.7 cm³/mol. The Hall–Kier alpha value is -2.41. The Bertz CT molecular complexity index is 785. The van der Waals surface area contributed by atoms with Gasteiger partial charge >= 0.3 is 0 Å². The van der Waals surface area contributed by atoms with Crippen molar-refractivity contribution in [3.05, 3.63) is 59.4 Å². The van der Waals surface area contributed by atoms with Gasteiger partial charge in [-0.3, -0.25) is 4.72 Å². The molecule has 5 nitrogen and oxygen atoms in total. The molecule has 0 atom stereocenters. The van der Waals surface area contributed by atoms with Crippen molar-refractivity contribution < 1.29 is 22.7 Å². The van der Waals surface area contributed by atoms with Crippen molar-refractivity contribution in [1.82, 2.24) is 0 Å². The molecule has 0 amide bonds. The second kappa shape index (κ2) is 5.53.